The number of nitrogens with one attached hydrogen (secondary N) is 1. The Labute approximate surface area is 138 Å². The SMILES string of the molecule is CCc1cc(Br)cc(CC)c1NC1=CC(=O)N(CCO)C1=O. The molecule has 1 aliphatic rings. The van der Waals surface area contributed by atoms with Crippen molar-refractivity contribution in [2.24, 2.45) is 0 Å². The summed E-state index contributed by atoms with van der Waals surface area (Å²) in [4.78, 5) is 25.1. The smallest absolute Gasteiger partial charge is 0.277 e. The summed E-state index contributed by atoms with van der Waals surface area (Å²) in [5, 5.41) is 12.1. The fourth-order valence-electron chi connectivity index (χ4n) is 2.49. The van der Waals surface area contributed by atoms with Crippen molar-refractivity contribution in [2.75, 3.05) is 18.5 Å². The fraction of sp³-hybridized carbons (Fsp3) is 0.375. The fourth-order valence-corrected chi connectivity index (χ4v) is 3.04. The molecule has 0 aromatic heterocycles. The van der Waals surface area contributed by atoms with Gasteiger partial charge < -0.3 is 10.4 Å². The number of hydrogen-bond acceptors (Lipinski definition) is 4. The molecule has 0 spiro atoms. The Morgan fingerprint density at radius 1 is 1.18 bits per heavy atom. The molecule has 6 heteroatoms. The van der Waals surface area contributed by atoms with E-state index in [2.05, 4.69) is 21.2 Å². The van der Waals surface area contributed by atoms with E-state index in [1.54, 1.807) is 0 Å². The van der Waals surface area contributed by atoms with Gasteiger partial charge in [-0.2, -0.15) is 0 Å². The standard InChI is InChI=1S/C16H19BrN2O3/c1-3-10-7-12(17)8-11(4-2)15(10)18-13-9-14(21)19(5-6-20)16(13)22/h7-9,18,20H,3-6H2,1-2H3. The largest absolute Gasteiger partial charge is 0.395 e. The molecule has 1 aromatic carbocycles. The Morgan fingerprint density at radius 3 is 2.27 bits per heavy atom. The van der Waals surface area contributed by atoms with Crippen LogP contribution in [0.25, 0.3) is 0 Å². The molecule has 0 radical (unpaired) electrons. The van der Waals surface area contributed by atoms with Gasteiger partial charge in [0.05, 0.1) is 13.2 Å². The molecule has 1 heterocycles. The minimum atomic E-state index is -0.397. The summed E-state index contributed by atoms with van der Waals surface area (Å²) in [5.74, 6) is -0.791. The summed E-state index contributed by atoms with van der Waals surface area (Å²) < 4.78 is 0.997. The van der Waals surface area contributed by atoms with Crippen LogP contribution in [0.4, 0.5) is 5.69 Å². The Hall–Kier alpha value is -1.66. The van der Waals surface area contributed by atoms with Crippen LogP contribution in [0.5, 0.6) is 0 Å². The van der Waals surface area contributed by atoms with Crippen molar-refractivity contribution in [2.45, 2.75) is 26.7 Å². The van der Waals surface area contributed by atoms with Gasteiger partial charge in [0.15, 0.2) is 0 Å². The number of β-amino-alcohol motifs (C(OH)–C–C–N with tert-alkyl or cyclic N) is 1. The second-order valence-corrected chi connectivity index (χ2v) is 5.92. The molecule has 2 amide bonds. The zero-order valence-corrected chi connectivity index (χ0v) is 14.2. The lowest BCUT2D eigenvalue weighted by Crippen LogP contribution is -2.34. The Kier molecular flexibility index (Phi) is 5.37. The number of amides is 2. The van der Waals surface area contributed by atoms with Gasteiger partial charge in [0.1, 0.15) is 5.70 Å². The molecule has 0 saturated heterocycles. The first-order valence-corrected chi connectivity index (χ1v) is 8.07. The van der Waals surface area contributed by atoms with E-state index in [-0.39, 0.29) is 18.8 Å². The quantitative estimate of drug-likeness (QED) is 0.757. The number of aryl methyl sites for hydroxylation is 2. The molecule has 0 bridgehead atoms. The average Bonchev–Trinajstić information content (AvgIpc) is 2.76. The average molecular weight is 367 g/mol. The molecule has 2 N–H and O–H groups in total. The predicted molar refractivity (Wildman–Crippen MR) is 88.4 cm³/mol. The van der Waals surface area contributed by atoms with E-state index in [1.807, 2.05) is 26.0 Å². The predicted octanol–water partition coefficient (Wildman–Crippen LogP) is 2.23. The first kappa shape index (κ1) is 16.7. The summed E-state index contributed by atoms with van der Waals surface area (Å²) in [7, 11) is 0. The first-order valence-electron chi connectivity index (χ1n) is 7.28. The van der Waals surface area contributed by atoms with Crippen LogP contribution in [0.15, 0.2) is 28.4 Å². The number of halogens is 1. The minimum absolute atomic E-state index is 0.0148. The number of carbonyl (C=O) groups is 2. The van der Waals surface area contributed by atoms with Crippen LogP contribution in [0, 0.1) is 0 Å². The van der Waals surface area contributed by atoms with Gasteiger partial charge in [-0.25, -0.2) is 0 Å². The lowest BCUT2D eigenvalue weighted by molar-refractivity contribution is -0.137. The van der Waals surface area contributed by atoms with Gasteiger partial charge >= 0.3 is 0 Å². The van der Waals surface area contributed by atoms with Crippen molar-refractivity contribution >= 4 is 33.4 Å². The van der Waals surface area contributed by atoms with Crippen LogP contribution in [0.2, 0.25) is 0 Å². The third-order valence-corrected chi connectivity index (χ3v) is 4.08. The van der Waals surface area contributed by atoms with E-state index in [9.17, 15) is 9.59 Å². The number of anilines is 1. The maximum Gasteiger partial charge on any atom is 0.277 e. The third kappa shape index (κ3) is 3.23. The number of aliphatic hydroxyl groups is 1. The van der Waals surface area contributed by atoms with E-state index in [4.69, 9.17) is 5.11 Å². The van der Waals surface area contributed by atoms with E-state index >= 15 is 0 Å². The van der Waals surface area contributed by atoms with Crippen LogP contribution >= 0.6 is 15.9 Å². The Bertz CT molecular complexity index is 615. The number of benzene rings is 1. The van der Waals surface area contributed by atoms with Gasteiger partial charge in [-0.15, -0.1) is 0 Å². The monoisotopic (exact) mass is 366 g/mol. The van der Waals surface area contributed by atoms with Crippen LogP contribution in [-0.4, -0.2) is 35.0 Å². The molecule has 1 aromatic rings. The zero-order valence-electron chi connectivity index (χ0n) is 12.6. The van der Waals surface area contributed by atoms with Gasteiger partial charge in [0, 0.05) is 16.2 Å². The lowest BCUT2D eigenvalue weighted by Gasteiger charge is -2.18. The van der Waals surface area contributed by atoms with Gasteiger partial charge in [-0.3, -0.25) is 14.5 Å². The molecule has 5 nitrogen and oxygen atoms in total. The highest BCUT2D eigenvalue weighted by molar-refractivity contribution is 9.10. The zero-order chi connectivity index (χ0) is 16.3. The number of nitrogens with zero attached hydrogens (tertiary/aromatic N) is 1. The molecule has 0 unspecified atom stereocenters. The second-order valence-electron chi connectivity index (χ2n) is 5.01. The molecule has 22 heavy (non-hydrogen) atoms. The lowest BCUT2D eigenvalue weighted by atomic mass is 10.0. The van der Waals surface area contributed by atoms with Crippen LogP contribution in [0.1, 0.15) is 25.0 Å². The molecule has 0 aliphatic carbocycles. The minimum Gasteiger partial charge on any atom is -0.395 e. The van der Waals surface area contributed by atoms with E-state index in [1.165, 1.54) is 6.08 Å². The molecule has 118 valence electrons. The summed E-state index contributed by atoms with van der Waals surface area (Å²) in [6.45, 7) is 3.86. The maximum atomic E-state index is 12.2. The highest BCUT2D eigenvalue weighted by atomic mass is 79.9. The highest BCUT2D eigenvalue weighted by Crippen LogP contribution is 2.29. The van der Waals surface area contributed by atoms with E-state index < -0.39 is 11.8 Å². The number of aliphatic hydroxyl groups excluding tert-OH is 1. The Morgan fingerprint density at radius 2 is 1.77 bits per heavy atom. The van der Waals surface area contributed by atoms with Gasteiger partial charge in [-0.1, -0.05) is 29.8 Å². The number of rotatable bonds is 6. The molecule has 0 saturated carbocycles. The van der Waals surface area contributed by atoms with Crippen molar-refractivity contribution in [1.82, 2.24) is 4.90 Å². The van der Waals surface area contributed by atoms with Crippen molar-refractivity contribution in [1.29, 1.82) is 0 Å². The number of hydrogen-bond donors (Lipinski definition) is 2. The van der Waals surface area contributed by atoms with Gasteiger partial charge in [-0.05, 0) is 36.1 Å². The summed E-state index contributed by atoms with van der Waals surface area (Å²) >= 11 is 3.49. The first-order chi connectivity index (χ1) is 10.5. The summed E-state index contributed by atoms with van der Waals surface area (Å²) in [5.41, 5.74) is 3.29. The molecular formula is C16H19BrN2O3. The van der Waals surface area contributed by atoms with Crippen molar-refractivity contribution in [3.8, 4) is 0 Å². The molecule has 0 fully saturated rings. The Balaban J connectivity index is 2.34. The third-order valence-electron chi connectivity index (χ3n) is 3.62. The molecular weight excluding hydrogens is 348 g/mol. The number of imide groups is 1. The highest BCUT2D eigenvalue weighted by Gasteiger charge is 2.31. The van der Waals surface area contributed by atoms with Crippen molar-refractivity contribution in [3.63, 3.8) is 0 Å². The van der Waals surface area contributed by atoms with Crippen LogP contribution < -0.4 is 5.32 Å². The van der Waals surface area contributed by atoms with Gasteiger partial charge in [0.2, 0.25) is 0 Å². The van der Waals surface area contributed by atoms with Crippen LogP contribution in [-0.2, 0) is 22.4 Å². The molecule has 1 aliphatic heterocycles. The van der Waals surface area contributed by atoms with Crippen molar-refractivity contribution in [3.05, 3.63) is 39.5 Å². The summed E-state index contributed by atoms with van der Waals surface area (Å²) in [6, 6.07) is 4.02. The van der Waals surface area contributed by atoms with Crippen LogP contribution in [0.3, 0.4) is 0 Å². The number of carbonyl (C=O) groups excluding carboxylic acids is 2. The normalized spacial score (nSPS) is 14.5. The van der Waals surface area contributed by atoms with Crippen molar-refractivity contribution < 1.29 is 14.7 Å². The summed E-state index contributed by atoms with van der Waals surface area (Å²) in [6.07, 6.45) is 2.91. The second kappa shape index (κ2) is 7.07. The van der Waals surface area contributed by atoms with Gasteiger partial charge in [0.25, 0.3) is 11.8 Å². The topological polar surface area (TPSA) is 69.6 Å². The molecule has 0 atom stereocenters. The maximum absolute atomic E-state index is 12.2. The van der Waals surface area contributed by atoms with E-state index in [0.29, 0.717) is 0 Å². The van der Waals surface area contributed by atoms with E-state index in [0.717, 1.165) is 39.0 Å². The molecule has 2 rings (SSSR count).